The molecule has 0 aliphatic heterocycles. The van der Waals surface area contributed by atoms with Gasteiger partial charge in [-0.15, -0.1) is 0 Å². The van der Waals surface area contributed by atoms with Gasteiger partial charge in [-0.25, -0.2) is 0 Å². The summed E-state index contributed by atoms with van der Waals surface area (Å²) in [6.45, 7) is 6.15. The van der Waals surface area contributed by atoms with Gasteiger partial charge in [-0.05, 0) is 49.6 Å². The molecule has 1 aromatic heterocycles. The molecule has 0 N–H and O–H groups in total. The molecule has 2 nitrogen and oxygen atoms in total. The van der Waals surface area contributed by atoms with Gasteiger partial charge >= 0.3 is 0 Å². The first-order chi connectivity index (χ1) is 8.04. The normalized spacial score (nSPS) is 10.6. The molecular formula is C14H13BrO2. The average molecular weight is 293 g/mol. The molecular weight excluding hydrogens is 280 g/mol. The summed E-state index contributed by atoms with van der Waals surface area (Å²) in [5.74, 6) is 1.10. The van der Waals surface area contributed by atoms with Crippen molar-refractivity contribution in [2.24, 2.45) is 0 Å². The molecule has 88 valence electrons. The Morgan fingerprint density at radius 2 is 1.88 bits per heavy atom. The topological polar surface area (TPSA) is 30.2 Å². The summed E-state index contributed by atoms with van der Waals surface area (Å²) >= 11 is 3.57. The van der Waals surface area contributed by atoms with E-state index < -0.39 is 0 Å². The molecule has 0 spiro atoms. The van der Waals surface area contributed by atoms with E-state index in [0.717, 1.165) is 33.2 Å². The van der Waals surface area contributed by atoms with Crippen LogP contribution in [0.15, 0.2) is 27.1 Å². The van der Waals surface area contributed by atoms with Crippen molar-refractivity contribution in [3.63, 3.8) is 0 Å². The van der Waals surface area contributed by atoms with E-state index in [-0.39, 0.29) is 0 Å². The zero-order valence-electron chi connectivity index (χ0n) is 10.0. The first-order valence-corrected chi connectivity index (χ1v) is 6.15. The molecule has 1 heterocycles. The van der Waals surface area contributed by atoms with E-state index in [2.05, 4.69) is 28.9 Å². The number of aryl methyl sites for hydroxylation is 2. The smallest absolute Gasteiger partial charge is 0.185 e. The van der Waals surface area contributed by atoms with Crippen molar-refractivity contribution in [2.45, 2.75) is 20.8 Å². The first kappa shape index (κ1) is 12.1. The number of benzene rings is 1. The van der Waals surface area contributed by atoms with Crippen molar-refractivity contribution in [3.8, 4) is 11.3 Å². The fourth-order valence-corrected chi connectivity index (χ4v) is 2.40. The lowest BCUT2D eigenvalue weighted by Crippen LogP contribution is -1.91. The largest absolute Gasteiger partial charge is 0.453 e. The molecule has 0 unspecified atom stereocenters. The maximum atomic E-state index is 10.6. The van der Waals surface area contributed by atoms with Crippen molar-refractivity contribution >= 4 is 22.2 Å². The predicted octanol–water partition coefficient (Wildman–Crippen LogP) is 4.45. The second kappa shape index (κ2) is 4.49. The number of halogens is 1. The standard InChI is InChI=1S/C14H13BrO2/c1-8-6-9(2)14(15)10(3)13(8)12-5-4-11(7-16)17-12/h4-7H,1-3H3. The van der Waals surface area contributed by atoms with Crippen LogP contribution in [0.3, 0.4) is 0 Å². The van der Waals surface area contributed by atoms with Gasteiger partial charge < -0.3 is 4.42 Å². The molecule has 2 aromatic rings. The molecule has 0 saturated heterocycles. The highest BCUT2D eigenvalue weighted by atomic mass is 79.9. The van der Waals surface area contributed by atoms with Gasteiger partial charge in [0.1, 0.15) is 5.76 Å². The van der Waals surface area contributed by atoms with Crippen molar-refractivity contribution in [1.82, 2.24) is 0 Å². The third kappa shape index (κ3) is 2.07. The summed E-state index contributed by atoms with van der Waals surface area (Å²) in [4.78, 5) is 10.6. The molecule has 0 aliphatic rings. The van der Waals surface area contributed by atoms with Crippen LogP contribution in [0.5, 0.6) is 0 Å². The second-order valence-electron chi connectivity index (χ2n) is 4.14. The molecule has 3 heteroatoms. The zero-order valence-corrected chi connectivity index (χ0v) is 11.6. The Bertz CT molecular complexity index is 582. The highest BCUT2D eigenvalue weighted by molar-refractivity contribution is 9.10. The van der Waals surface area contributed by atoms with Crippen molar-refractivity contribution in [3.05, 3.63) is 45.1 Å². The molecule has 0 aliphatic carbocycles. The lowest BCUT2D eigenvalue weighted by molar-refractivity contribution is 0.110. The van der Waals surface area contributed by atoms with Gasteiger partial charge in [0.25, 0.3) is 0 Å². The van der Waals surface area contributed by atoms with Crippen LogP contribution < -0.4 is 0 Å². The Hall–Kier alpha value is -1.35. The van der Waals surface area contributed by atoms with Gasteiger partial charge in [-0.3, -0.25) is 4.79 Å². The Labute approximate surface area is 109 Å². The Balaban J connectivity index is 2.66. The highest BCUT2D eigenvalue weighted by Gasteiger charge is 2.14. The number of rotatable bonds is 2. The fraction of sp³-hybridized carbons (Fsp3) is 0.214. The van der Waals surface area contributed by atoms with Crippen LogP contribution in [0.2, 0.25) is 0 Å². The molecule has 0 atom stereocenters. The number of aldehydes is 1. The summed E-state index contributed by atoms with van der Waals surface area (Å²) in [6.07, 6.45) is 0.720. The number of carbonyl (C=O) groups excluding carboxylic acids is 1. The number of furan rings is 1. The summed E-state index contributed by atoms with van der Waals surface area (Å²) in [6, 6.07) is 5.63. The monoisotopic (exact) mass is 292 g/mol. The van der Waals surface area contributed by atoms with Crippen molar-refractivity contribution in [2.75, 3.05) is 0 Å². The minimum absolute atomic E-state index is 0.357. The van der Waals surface area contributed by atoms with Gasteiger partial charge in [0.05, 0.1) is 0 Å². The summed E-state index contributed by atoms with van der Waals surface area (Å²) in [7, 11) is 0. The van der Waals surface area contributed by atoms with Gasteiger partial charge in [-0.1, -0.05) is 22.0 Å². The molecule has 2 rings (SSSR count). The molecule has 17 heavy (non-hydrogen) atoms. The minimum atomic E-state index is 0.357. The first-order valence-electron chi connectivity index (χ1n) is 5.36. The van der Waals surface area contributed by atoms with Gasteiger partial charge in [-0.2, -0.15) is 0 Å². The maximum absolute atomic E-state index is 10.6. The van der Waals surface area contributed by atoms with E-state index in [9.17, 15) is 4.79 Å². The van der Waals surface area contributed by atoms with E-state index in [4.69, 9.17) is 4.42 Å². The summed E-state index contributed by atoms with van der Waals surface area (Å²) in [5, 5.41) is 0. The molecule has 0 amide bonds. The van der Waals surface area contributed by atoms with Crippen LogP contribution in [0.4, 0.5) is 0 Å². The maximum Gasteiger partial charge on any atom is 0.185 e. The average Bonchev–Trinajstić information content (AvgIpc) is 2.74. The quantitative estimate of drug-likeness (QED) is 0.766. The number of hydrogen-bond acceptors (Lipinski definition) is 2. The van der Waals surface area contributed by atoms with Crippen LogP contribution in [0.1, 0.15) is 27.2 Å². The van der Waals surface area contributed by atoms with E-state index in [0.29, 0.717) is 5.76 Å². The SMILES string of the molecule is Cc1cc(C)c(-c2ccc(C=O)o2)c(C)c1Br. The van der Waals surface area contributed by atoms with Crippen LogP contribution in [-0.2, 0) is 0 Å². The van der Waals surface area contributed by atoms with E-state index in [1.54, 1.807) is 6.07 Å². The molecule has 0 bridgehead atoms. The van der Waals surface area contributed by atoms with Gasteiger partial charge in [0.15, 0.2) is 12.0 Å². The number of hydrogen-bond donors (Lipinski definition) is 0. The summed E-state index contributed by atoms with van der Waals surface area (Å²) in [5.41, 5.74) is 4.53. The fourth-order valence-electron chi connectivity index (χ4n) is 2.09. The Morgan fingerprint density at radius 3 is 2.47 bits per heavy atom. The van der Waals surface area contributed by atoms with Crippen LogP contribution >= 0.6 is 15.9 Å². The molecule has 1 aromatic carbocycles. The second-order valence-corrected chi connectivity index (χ2v) is 4.94. The third-order valence-corrected chi connectivity index (χ3v) is 4.09. The van der Waals surface area contributed by atoms with Crippen LogP contribution in [0.25, 0.3) is 11.3 Å². The van der Waals surface area contributed by atoms with E-state index in [1.165, 1.54) is 5.56 Å². The molecule has 0 fully saturated rings. The molecule has 0 radical (unpaired) electrons. The van der Waals surface area contributed by atoms with Gasteiger partial charge in [0, 0.05) is 10.0 Å². The van der Waals surface area contributed by atoms with Crippen molar-refractivity contribution in [1.29, 1.82) is 0 Å². The Morgan fingerprint density at radius 1 is 1.18 bits per heavy atom. The summed E-state index contributed by atoms with van der Waals surface area (Å²) < 4.78 is 6.57. The van der Waals surface area contributed by atoms with E-state index >= 15 is 0 Å². The number of carbonyl (C=O) groups is 1. The molecule has 0 saturated carbocycles. The highest BCUT2D eigenvalue weighted by Crippen LogP contribution is 2.34. The van der Waals surface area contributed by atoms with Crippen LogP contribution in [0, 0.1) is 20.8 Å². The van der Waals surface area contributed by atoms with Crippen molar-refractivity contribution < 1.29 is 9.21 Å². The predicted molar refractivity (Wildman–Crippen MR) is 71.4 cm³/mol. The van der Waals surface area contributed by atoms with Crippen LogP contribution in [-0.4, -0.2) is 6.29 Å². The van der Waals surface area contributed by atoms with Gasteiger partial charge in [0.2, 0.25) is 0 Å². The lowest BCUT2D eigenvalue weighted by atomic mass is 9.98. The Kier molecular flexibility index (Phi) is 3.20. The third-order valence-electron chi connectivity index (χ3n) is 2.87. The minimum Gasteiger partial charge on any atom is -0.453 e. The van der Waals surface area contributed by atoms with E-state index in [1.807, 2.05) is 19.9 Å². The zero-order chi connectivity index (χ0) is 12.6. The lowest BCUT2D eigenvalue weighted by Gasteiger charge is -2.11.